The van der Waals surface area contributed by atoms with Crippen LogP contribution in [0.1, 0.15) is 18.4 Å². The fourth-order valence-corrected chi connectivity index (χ4v) is 2.84. The molecule has 1 fully saturated rings. The van der Waals surface area contributed by atoms with Gasteiger partial charge in [-0.05, 0) is 32.0 Å². The molecule has 2 heterocycles. The van der Waals surface area contributed by atoms with Crippen LogP contribution in [0, 0.1) is 11.3 Å². The lowest BCUT2D eigenvalue weighted by Gasteiger charge is -2.33. The van der Waals surface area contributed by atoms with Gasteiger partial charge < -0.3 is 10.2 Å². The van der Waals surface area contributed by atoms with E-state index in [4.69, 9.17) is 4.98 Å². The molecule has 20 heavy (non-hydrogen) atoms. The normalized spacial score (nSPS) is 19.0. The monoisotopic (exact) mass is 266 g/mol. The van der Waals surface area contributed by atoms with Gasteiger partial charge in [0.15, 0.2) is 0 Å². The summed E-state index contributed by atoms with van der Waals surface area (Å²) >= 11 is 0. The maximum atomic E-state index is 9.35. The van der Waals surface area contributed by atoms with Crippen LogP contribution in [-0.2, 0) is 0 Å². The predicted octanol–water partition coefficient (Wildman–Crippen LogP) is 2.29. The van der Waals surface area contributed by atoms with E-state index in [1.807, 2.05) is 37.4 Å². The summed E-state index contributed by atoms with van der Waals surface area (Å²) in [5.74, 6) is 0.917. The third-order valence-electron chi connectivity index (χ3n) is 3.98. The molecule has 0 spiro atoms. The molecule has 1 aromatic heterocycles. The summed E-state index contributed by atoms with van der Waals surface area (Å²) in [6, 6.07) is 12.6. The van der Waals surface area contributed by atoms with Gasteiger partial charge in [0, 0.05) is 24.5 Å². The summed E-state index contributed by atoms with van der Waals surface area (Å²) < 4.78 is 0. The molecule has 1 saturated heterocycles. The number of nitrogens with zero attached hydrogens (tertiary/aromatic N) is 3. The Bertz CT molecular complexity index is 659. The minimum Gasteiger partial charge on any atom is -0.355 e. The number of aromatic nitrogens is 1. The third-order valence-corrected chi connectivity index (χ3v) is 3.98. The van der Waals surface area contributed by atoms with Gasteiger partial charge in [0.25, 0.3) is 0 Å². The van der Waals surface area contributed by atoms with Gasteiger partial charge in [-0.1, -0.05) is 18.2 Å². The average molecular weight is 266 g/mol. The first kappa shape index (κ1) is 12.9. The smallest absolute Gasteiger partial charge is 0.130 e. The molecule has 4 nitrogen and oxygen atoms in total. The van der Waals surface area contributed by atoms with Crippen LogP contribution in [-0.4, -0.2) is 31.2 Å². The Morgan fingerprint density at radius 1 is 1.40 bits per heavy atom. The van der Waals surface area contributed by atoms with Crippen LogP contribution >= 0.6 is 0 Å². The van der Waals surface area contributed by atoms with E-state index in [0.29, 0.717) is 11.6 Å². The van der Waals surface area contributed by atoms with Crippen LogP contribution in [0.2, 0.25) is 0 Å². The molecule has 0 aliphatic carbocycles. The summed E-state index contributed by atoms with van der Waals surface area (Å²) in [6.45, 7) is 1.96. The topological polar surface area (TPSA) is 52.0 Å². The Morgan fingerprint density at radius 3 is 3.05 bits per heavy atom. The molecule has 1 unspecified atom stereocenters. The largest absolute Gasteiger partial charge is 0.355 e. The number of anilines is 1. The Hall–Kier alpha value is -2.12. The zero-order valence-electron chi connectivity index (χ0n) is 11.6. The highest BCUT2D eigenvalue weighted by Gasteiger charge is 2.20. The number of rotatable bonds is 2. The second-order valence-electron chi connectivity index (χ2n) is 5.23. The highest BCUT2D eigenvalue weighted by molar-refractivity contribution is 5.86. The maximum absolute atomic E-state index is 9.35. The van der Waals surface area contributed by atoms with E-state index in [1.54, 1.807) is 0 Å². The Balaban J connectivity index is 2.01. The number of benzene rings is 1. The molecule has 1 N–H and O–H groups in total. The highest BCUT2D eigenvalue weighted by Crippen LogP contribution is 2.24. The number of nitrogens with one attached hydrogen (secondary N) is 1. The van der Waals surface area contributed by atoms with Crippen molar-refractivity contribution in [3.8, 4) is 6.07 Å². The molecule has 0 saturated carbocycles. The average Bonchev–Trinajstić information content (AvgIpc) is 2.53. The van der Waals surface area contributed by atoms with E-state index in [0.717, 1.165) is 36.2 Å². The maximum Gasteiger partial charge on any atom is 0.130 e. The van der Waals surface area contributed by atoms with Crippen LogP contribution in [0.15, 0.2) is 30.3 Å². The van der Waals surface area contributed by atoms with Gasteiger partial charge in [-0.3, -0.25) is 0 Å². The van der Waals surface area contributed by atoms with E-state index < -0.39 is 0 Å². The first-order chi connectivity index (χ1) is 9.81. The molecule has 0 amide bonds. The Labute approximate surface area is 119 Å². The predicted molar refractivity (Wildman–Crippen MR) is 80.8 cm³/mol. The minimum absolute atomic E-state index is 0.502. The number of hydrogen-bond donors (Lipinski definition) is 1. The highest BCUT2D eigenvalue weighted by atomic mass is 15.2. The SMILES string of the molecule is CNC1CCCN(c2cc(C#N)c3ccccc3n2)C1. The summed E-state index contributed by atoms with van der Waals surface area (Å²) in [5.41, 5.74) is 1.60. The van der Waals surface area contributed by atoms with Gasteiger partial charge in [-0.15, -0.1) is 0 Å². The molecule has 0 radical (unpaired) electrons. The number of nitriles is 1. The van der Waals surface area contributed by atoms with Crippen molar-refractivity contribution in [3.63, 3.8) is 0 Å². The Morgan fingerprint density at radius 2 is 2.25 bits per heavy atom. The first-order valence-electron chi connectivity index (χ1n) is 7.04. The van der Waals surface area contributed by atoms with E-state index in [2.05, 4.69) is 16.3 Å². The summed E-state index contributed by atoms with van der Waals surface area (Å²) in [7, 11) is 2.00. The quantitative estimate of drug-likeness (QED) is 0.906. The van der Waals surface area contributed by atoms with Crippen molar-refractivity contribution < 1.29 is 0 Å². The standard InChI is InChI=1S/C16H18N4/c1-18-13-5-4-8-20(11-13)16-9-12(10-17)14-6-2-3-7-15(14)19-16/h2-3,6-7,9,13,18H,4-5,8,11H2,1H3. The summed E-state index contributed by atoms with van der Waals surface area (Å²) in [5, 5.41) is 13.6. The molecule has 0 bridgehead atoms. The molecule has 3 rings (SSSR count). The summed E-state index contributed by atoms with van der Waals surface area (Å²) in [6.07, 6.45) is 2.35. The fourth-order valence-electron chi connectivity index (χ4n) is 2.84. The van der Waals surface area contributed by atoms with Crippen LogP contribution in [0.5, 0.6) is 0 Å². The lowest BCUT2D eigenvalue weighted by molar-refractivity contribution is 0.448. The van der Waals surface area contributed by atoms with Crippen LogP contribution < -0.4 is 10.2 Å². The third kappa shape index (κ3) is 2.33. The molecule has 102 valence electrons. The zero-order valence-corrected chi connectivity index (χ0v) is 11.6. The van der Waals surface area contributed by atoms with Gasteiger partial charge in [-0.2, -0.15) is 5.26 Å². The van der Waals surface area contributed by atoms with Crippen molar-refractivity contribution in [1.29, 1.82) is 5.26 Å². The van der Waals surface area contributed by atoms with Crippen LogP contribution in [0.25, 0.3) is 10.9 Å². The lowest BCUT2D eigenvalue weighted by Crippen LogP contribution is -2.44. The molecule has 1 aliphatic rings. The van der Waals surface area contributed by atoms with E-state index in [9.17, 15) is 5.26 Å². The number of pyridine rings is 1. The second kappa shape index (κ2) is 5.48. The van der Waals surface area contributed by atoms with Gasteiger partial charge in [0.05, 0.1) is 17.1 Å². The summed E-state index contributed by atoms with van der Waals surface area (Å²) in [4.78, 5) is 7.00. The van der Waals surface area contributed by atoms with Crippen molar-refractivity contribution >= 4 is 16.7 Å². The molecule has 4 heteroatoms. The first-order valence-corrected chi connectivity index (χ1v) is 7.04. The van der Waals surface area contributed by atoms with Crippen molar-refractivity contribution in [2.24, 2.45) is 0 Å². The Kier molecular flexibility index (Phi) is 3.53. The van der Waals surface area contributed by atoms with E-state index in [1.165, 1.54) is 6.42 Å². The number of piperidine rings is 1. The van der Waals surface area contributed by atoms with Gasteiger partial charge in [0.1, 0.15) is 5.82 Å². The molecule has 2 aromatic rings. The molecular weight excluding hydrogens is 248 g/mol. The number of para-hydroxylation sites is 1. The van der Waals surface area contributed by atoms with Crippen LogP contribution in [0.4, 0.5) is 5.82 Å². The number of hydrogen-bond acceptors (Lipinski definition) is 4. The molecule has 1 aliphatic heterocycles. The van der Waals surface area contributed by atoms with Crippen molar-refractivity contribution in [3.05, 3.63) is 35.9 Å². The molecular formula is C16H18N4. The minimum atomic E-state index is 0.502. The molecule has 1 atom stereocenters. The van der Waals surface area contributed by atoms with Gasteiger partial charge in [-0.25, -0.2) is 4.98 Å². The van der Waals surface area contributed by atoms with E-state index >= 15 is 0 Å². The van der Waals surface area contributed by atoms with Crippen molar-refractivity contribution in [2.75, 3.05) is 25.0 Å². The second-order valence-corrected chi connectivity index (χ2v) is 5.23. The van der Waals surface area contributed by atoms with Crippen LogP contribution in [0.3, 0.4) is 0 Å². The number of likely N-dealkylation sites (N-methyl/N-ethyl adjacent to an activating group) is 1. The van der Waals surface area contributed by atoms with Crippen molar-refractivity contribution in [2.45, 2.75) is 18.9 Å². The van der Waals surface area contributed by atoms with E-state index in [-0.39, 0.29) is 0 Å². The van der Waals surface area contributed by atoms with Gasteiger partial charge in [0.2, 0.25) is 0 Å². The van der Waals surface area contributed by atoms with Gasteiger partial charge >= 0.3 is 0 Å². The lowest BCUT2D eigenvalue weighted by atomic mass is 10.0. The number of fused-ring (bicyclic) bond motifs is 1. The van der Waals surface area contributed by atoms with Crippen molar-refractivity contribution in [1.82, 2.24) is 10.3 Å². The fraction of sp³-hybridized carbons (Fsp3) is 0.375. The molecule has 1 aromatic carbocycles. The zero-order chi connectivity index (χ0) is 13.9.